The third-order valence-corrected chi connectivity index (χ3v) is 4.50. The molecule has 2 amide bonds. The molecular formula is C20H39N4O5+. The van der Waals surface area contributed by atoms with E-state index in [4.69, 9.17) is 4.79 Å². The fraction of sp³-hybridized carbons (Fsp3) is 0.800. The molecule has 0 aliphatic carbocycles. The summed E-state index contributed by atoms with van der Waals surface area (Å²) in [6, 6.07) is -0.395. The number of rotatable bonds is 15. The first-order chi connectivity index (χ1) is 13.7. The minimum atomic E-state index is -0.199. The van der Waals surface area contributed by atoms with Crippen LogP contribution in [0.1, 0.15) is 59.3 Å². The van der Waals surface area contributed by atoms with Gasteiger partial charge >= 0.3 is 0 Å². The Kier molecular flexibility index (Phi) is 17.9. The van der Waals surface area contributed by atoms with Crippen LogP contribution in [-0.4, -0.2) is 68.4 Å². The number of ketones is 1. The Labute approximate surface area is 174 Å². The van der Waals surface area contributed by atoms with E-state index in [1.807, 2.05) is 20.6 Å². The number of carbonyl (C=O) groups is 4. The zero-order valence-corrected chi connectivity index (χ0v) is 18.6. The van der Waals surface area contributed by atoms with Gasteiger partial charge in [0, 0.05) is 36.8 Å². The molecule has 0 bridgehead atoms. The van der Waals surface area contributed by atoms with Gasteiger partial charge < -0.3 is 20.7 Å². The monoisotopic (exact) mass is 415 g/mol. The van der Waals surface area contributed by atoms with Crippen LogP contribution in [0.25, 0.3) is 0 Å². The molecule has 0 aliphatic rings. The van der Waals surface area contributed by atoms with Crippen molar-refractivity contribution in [1.82, 2.24) is 16.0 Å². The fourth-order valence-electron chi connectivity index (χ4n) is 2.76. The second-order valence-corrected chi connectivity index (χ2v) is 7.38. The second-order valence-electron chi connectivity index (χ2n) is 7.38. The van der Waals surface area contributed by atoms with Crippen LogP contribution in [0.4, 0.5) is 0 Å². The highest BCUT2D eigenvalue weighted by atomic mass is 16.3. The average molecular weight is 416 g/mol. The maximum Gasteiger partial charge on any atom is 0.221 e. The maximum absolute atomic E-state index is 12.1. The zero-order chi connectivity index (χ0) is 22.8. The fourth-order valence-corrected chi connectivity index (χ4v) is 2.76. The highest BCUT2D eigenvalue weighted by Gasteiger charge is 2.18. The third-order valence-electron chi connectivity index (χ3n) is 4.50. The van der Waals surface area contributed by atoms with Crippen molar-refractivity contribution >= 4 is 24.4 Å². The number of hydrogen-bond acceptors (Lipinski definition) is 6. The van der Waals surface area contributed by atoms with Gasteiger partial charge in [0.25, 0.3) is 0 Å². The van der Waals surface area contributed by atoms with Gasteiger partial charge in [0.2, 0.25) is 18.4 Å². The highest BCUT2D eigenvalue weighted by Crippen LogP contribution is 2.08. The normalized spacial score (nSPS) is 13.3. The van der Waals surface area contributed by atoms with Gasteiger partial charge in [-0.1, -0.05) is 20.3 Å². The standard InChI is InChI=1S/C19H36N4O4.CH2O/c1-6-14(2)10-19(26)22-16(11-15(3)24)8-7-9-21-18(25)12-17(20-4)13-23(5)27;1-2/h14,16-17,20H,6-13H2,1-5H3,(H-,21,22,25,26);1H2/p+1. The Hall–Kier alpha value is -2.16. The first kappa shape index (κ1) is 29.0. The van der Waals surface area contributed by atoms with Crippen LogP contribution in [0.3, 0.4) is 0 Å². The lowest BCUT2D eigenvalue weighted by Gasteiger charge is -2.19. The van der Waals surface area contributed by atoms with Crippen molar-refractivity contribution in [3.05, 3.63) is 4.91 Å². The molecular weight excluding hydrogens is 376 g/mol. The quantitative estimate of drug-likeness (QED) is 0.271. The summed E-state index contributed by atoms with van der Waals surface area (Å²) < 4.78 is 0.795. The number of carbonyl (C=O) groups excluding carboxylic acids is 4. The number of nitrogens with one attached hydrogen (secondary N) is 3. The minimum absolute atomic E-state index is 0.0294. The molecule has 0 aromatic rings. The molecule has 0 aromatic carbocycles. The molecule has 3 N–H and O–H groups in total. The van der Waals surface area contributed by atoms with E-state index >= 15 is 0 Å². The van der Waals surface area contributed by atoms with Gasteiger partial charge in [0.15, 0.2) is 7.05 Å². The largest absolute Gasteiger partial charge is 0.356 e. The van der Waals surface area contributed by atoms with Crippen molar-refractivity contribution in [2.75, 3.05) is 27.2 Å². The second kappa shape index (κ2) is 17.9. The van der Waals surface area contributed by atoms with Crippen molar-refractivity contribution in [2.45, 2.75) is 71.4 Å². The Bertz CT molecular complexity index is 513. The SMILES string of the molecule is C=O.CCC(C)CC(=O)NC(CCCNC(=O)CC(C[N+](C)=O)NC)CC(C)=O. The molecule has 0 aliphatic heterocycles. The van der Waals surface area contributed by atoms with Crippen LogP contribution in [0.15, 0.2) is 0 Å². The predicted octanol–water partition coefficient (Wildman–Crippen LogP) is 0.985. The van der Waals surface area contributed by atoms with Crippen molar-refractivity contribution in [2.24, 2.45) is 5.92 Å². The summed E-state index contributed by atoms with van der Waals surface area (Å²) in [5.41, 5.74) is 0. The van der Waals surface area contributed by atoms with Crippen LogP contribution >= 0.6 is 0 Å². The van der Waals surface area contributed by atoms with Crippen molar-refractivity contribution < 1.29 is 23.9 Å². The molecule has 9 heteroatoms. The zero-order valence-electron chi connectivity index (χ0n) is 18.6. The third kappa shape index (κ3) is 17.7. The van der Waals surface area contributed by atoms with Crippen LogP contribution in [0.2, 0.25) is 0 Å². The summed E-state index contributed by atoms with van der Waals surface area (Å²) in [5, 5.41) is 8.72. The summed E-state index contributed by atoms with van der Waals surface area (Å²) in [6.45, 7) is 8.30. The lowest BCUT2D eigenvalue weighted by Crippen LogP contribution is -2.39. The molecule has 0 spiro atoms. The van der Waals surface area contributed by atoms with E-state index in [0.717, 1.165) is 11.2 Å². The molecule has 0 fully saturated rings. The first-order valence-corrected chi connectivity index (χ1v) is 10.1. The smallest absolute Gasteiger partial charge is 0.221 e. The van der Waals surface area contributed by atoms with Crippen LogP contribution in [-0.2, 0) is 19.2 Å². The number of hydrogen-bond donors (Lipinski definition) is 3. The van der Waals surface area contributed by atoms with Crippen molar-refractivity contribution in [3.63, 3.8) is 0 Å². The van der Waals surface area contributed by atoms with E-state index in [1.165, 1.54) is 14.0 Å². The topological polar surface area (TPSA) is 124 Å². The summed E-state index contributed by atoms with van der Waals surface area (Å²) in [4.78, 5) is 54.5. The number of nitroso groups, excluding NO2 is 1. The van der Waals surface area contributed by atoms with Gasteiger partial charge in [0.05, 0.1) is 6.04 Å². The lowest BCUT2D eigenvalue weighted by molar-refractivity contribution is -0.521. The van der Waals surface area contributed by atoms with E-state index in [1.54, 1.807) is 7.05 Å². The van der Waals surface area contributed by atoms with Crippen LogP contribution < -0.4 is 16.0 Å². The Morgan fingerprint density at radius 2 is 1.66 bits per heavy atom. The van der Waals surface area contributed by atoms with Gasteiger partial charge in [-0.2, -0.15) is 0 Å². The van der Waals surface area contributed by atoms with Gasteiger partial charge in [-0.05, 0) is 37.5 Å². The van der Waals surface area contributed by atoms with Gasteiger partial charge in [0.1, 0.15) is 12.6 Å². The molecule has 0 aromatic heterocycles. The van der Waals surface area contributed by atoms with Crippen molar-refractivity contribution in [1.29, 1.82) is 0 Å². The van der Waals surface area contributed by atoms with Gasteiger partial charge in [-0.25, -0.2) is 0 Å². The van der Waals surface area contributed by atoms with Crippen molar-refractivity contribution in [3.8, 4) is 0 Å². The molecule has 3 atom stereocenters. The Balaban J connectivity index is 0. The summed E-state index contributed by atoms with van der Waals surface area (Å²) in [5.74, 6) is 0.195. The number of Topliss-reactive ketones (excluding diaryl/α,β-unsaturated/α-hetero) is 1. The Morgan fingerprint density at radius 3 is 2.14 bits per heavy atom. The highest BCUT2D eigenvalue weighted by molar-refractivity contribution is 5.79. The lowest BCUT2D eigenvalue weighted by atomic mass is 10.0. The number of likely N-dealkylation sites (N-methyl/N-ethyl adjacent to an activating group) is 2. The van der Waals surface area contributed by atoms with Crippen LogP contribution in [0.5, 0.6) is 0 Å². The van der Waals surface area contributed by atoms with E-state index in [0.29, 0.717) is 38.1 Å². The number of amides is 2. The molecule has 0 saturated carbocycles. The summed E-state index contributed by atoms with van der Waals surface area (Å²) >= 11 is 0. The summed E-state index contributed by atoms with van der Waals surface area (Å²) in [6.07, 6.45) is 3.22. The van der Waals surface area contributed by atoms with E-state index < -0.39 is 0 Å². The molecule has 0 rings (SSSR count). The predicted molar refractivity (Wildman–Crippen MR) is 113 cm³/mol. The average Bonchev–Trinajstić information content (AvgIpc) is 2.65. The molecule has 3 unspecified atom stereocenters. The first-order valence-electron chi connectivity index (χ1n) is 10.1. The molecule has 29 heavy (non-hydrogen) atoms. The van der Waals surface area contributed by atoms with E-state index in [9.17, 15) is 19.3 Å². The molecule has 0 heterocycles. The minimum Gasteiger partial charge on any atom is -0.356 e. The van der Waals surface area contributed by atoms with Gasteiger partial charge in [-0.3, -0.25) is 14.4 Å². The van der Waals surface area contributed by atoms with Gasteiger partial charge in [-0.15, -0.1) is 0 Å². The maximum atomic E-state index is 12.1. The molecule has 168 valence electrons. The summed E-state index contributed by atoms with van der Waals surface area (Å²) in [7, 11) is 3.14. The molecule has 9 nitrogen and oxygen atoms in total. The molecule has 0 radical (unpaired) electrons. The van der Waals surface area contributed by atoms with E-state index in [2.05, 4.69) is 16.0 Å². The van der Waals surface area contributed by atoms with Crippen LogP contribution in [0, 0.1) is 10.8 Å². The molecule has 0 saturated heterocycles. The Morgan fingerprint density at radius 1 is 1.03 bits per heavy atom. The number of nitrogens with zero attached hydrogens (tertiary/aromatic N) is 1. The van der Waals surface area contributed by atoms with E-state index in [-0.39, 0.29) is 42.6 Å².